The summed E-state index contributed by atoms with van der Waals surface area (Å²) in [6, 6.07) is 9.15. The SMILES string of the molecule is CCN(C(=O)c1ccc(C)cc1)c1cccc(C(=O)Nc2c(Br)cc(C(F)(C(F)(F)F)C(F)(F)F)cc2OC(F)F)c1F. The lowest BCUT2D eigenvalue weighted by Gasteiger charge is -2.31. The van der Waals surface area contributed by atoms with Crippen molar-refractivity contribution in [3.63, 3.8) is 0 Å². The van der Waals surface area contributed by atoms with Crippen molar-refractivity contribution in [2.24, 2.45) is 0 Å². The van der Waals surface area contributed by atoms with Gasteiger partial charge in [-0.15, -0.1) is 0 Å². The molecule has 0 heterocycles. The highest BCUT2D eigenvalue weighted by Gasteiger charge is 2.73. The zero-order chi connectivity index (χ0) is 32.5. The molecule has 0 aliphatic carbocycles. The first-order chi connectivity index (χ1) is 19.8. The van der Waals surface area contributed by atoms with Crippen molar-refractivity contribution < 1.29 is 58.2 Å². The van der Waals surface area contributed by atoms with Crippen LogP contribution in [-0.2, 0) is 5.67 Å². The number of hydrogen-bond donors (Lipinski definition) is 1. The maximum atomic E-state index is 15.6. The molecule has 0 bridgehead atoms. The van der Waals surface area contributed by atoms with Gasteiger partial charge in [0.25, 0.3) is 11.8 Å². The van der Waals surface area contributed by atoms with Crippen LogP contribution < -0.4 is 15.0 Å². The minimum atomic E-state index is -6.58. The number of halogens is 11. The number of nitrogens with one attached hydrogen (secondary N) is 1. The van der Waals surface area contributed by atoms with Crippen LogP contribution in [0.15, 0.2) is 59.1 Å². The molecule has 5 nitrogen and oxygen atoms in total. The topological polar surface area (TPSA) is 58.6 Å². The highest BCUT2D eigenvalue weighted by molar-refractivity contribution is 9.10. The van der Waals surface area contributed by atoms with Gasteiger partial charge < -0.3 is 15.0 Å². The summed E-state index contributed by atoms with van der Waals surface area (Å²) >= 11 is 2.54. The van der Waals surface area contributed by atoms with Crippen LogP contribution in [0.1, 0.15) is 38.8 Å². The van der Waals surface area contributed by atoms with Crippen LogP contribution in [0.25, 0.3) is 0 Å². The zero-order valence-corrected chi connectivity index (χ0v) is 23.4. The van der Waals surface area contributed by atoms with Crippen LogP contribution in [0.2, 0.25) is 0 Å². The molecular weight excluding hydrogens is 670 g/mol. The van der Waals surface area contributed by atoms with Crippen molar-refractivity contribution in [3.05, 3.63) is 87.1 Å². The molecule has 0 saturated carbocycles. The second-order valence-corrected chi connectivity index (χ2v) is 9.73. The summed E-state index contributed by atoms with van der Waals surface area (Å²) in [6.45, 7) is -0.637. The smallest absolute Gasteiger partial charge is 0.433 e. The molecule has 0 aliphatic heterocycles. The Labute approximate surface area is 245 Å². The fraction of sp³-hybridized carbons (Fsp3) is 0.259. The van der Waals surface area contributed by atoms with Crippen LogP contribution in [-0.4, -0.2) is 37.3 Å². The van der Waals surface area contributed by atoms with E-state index in [2.05, 4.69) is 20.7 Å². The second kappa shape index (κ2) is 12.4. The fourth-order valence-electron chi connectivity index (χ4n) is 3.94. The maximum absolute atomic E-state index is 15.6. The predicted molar refractivity (Wildman–Crippen MR) is 139 cm³/mol. The normalized spacial score (nSPS) is 12.3. The summed E-state index contributed by atoms with van der Waals surface area (Å²) in [5, 5.41) is 1.88. The molecule has 43 heavy (non-hydrogen) atoms. The summed E-state index contributed by atoms with van der Waals surface area (Å²) in [5.74, 6) is -4.84. The van der Waals surface area contributed by atoms with Crippen molar-refractivity contribution in [1.29, 1.82) is 0 Å². The third-order valence-electron chi connectivity index (χ3n) is 6.06. The molecule has 2 amide bonds. The Morgan fingerprint density at radius 2 is 1.53 bits per heavy atom. The Morgan fingerprint density at radius 1 is 0.953 bits per heavy atom. The number of hydrogen-bond acceptors (Lipinski definition) is 3. The van der Waals surface area contributed by atoms with E-state index < -0.39 is 69.3 Å². The lowest BCUT2D eigenvalue weighted by Crippen LogP contribution is -2.50. The van der Waals surface area contributed by atoms with Gasteiger partial charge in [-0.05, 0) is 66.2 Å². The molecule has 0 saturated heterocycles. The summed E-state index contributed by atoms with van der Waals surface area (Å²) in [5.41, 5.74) is -9.31. The van der Waals surface area contributed by atoms with E-state index in [0.29, 0.717) is 0 Å². The van der Waals surface area contributed by atoms with E-state index in [1.165, 1.54) is 19.1 Å². The summed E-state index contributed by atoms with van der Waals surface area (Å²) in [4.78, 5) is 27.0. The molecule has 0 atom stereocenters. The fourth-order valence-corrected chi connectivity index (χ4v) is 4.48. The van der Waals surface area contributed by atoms with Gasteiger partial charge in [-0.1, -0.05) is 23.8 Å². The van der Waals surface area contributed by atoms with Crippen LogP contribution in [0.5, 0.6) is 5.75 Å². The molecule has 0 aromatic heterocycles. The monoisotopic (exact) mass is 688 g/mol. The van der Waals surface area contributed by atoms with Gasteiger partial charge in [-0.2, -0.15) is 35.1 Å². The number of ether oxygens (including phenoxy) is 1. The van der Waals surface area contributed by atoms with E-state index in [0.717, 1.165) is 28.7 Å². The molecule has 0 unspecified atom stereocenters. The van der Waals surface area contributed by atoms with Crippen molar-refractivity contribution in [2.75, 3.05) is 16.8 Å². The van der Waals surface area contributed by atoms with Gasteiger partial charge in [-0.3, -0.25) is 9.59 Å². The first-order valence-electron chi connectivity index (χ1n) is 11.9. The Kier molecular flexibility index (Phi) is 9.73. The molecule has 232 valence electrons. The highest BCUT2D eigenvalue weighted by Crippen LogP contribution is 2.55. The van der Waals surface area contributed by atoms with Gasteiger partial charge in [0.05, 0.1) is 16.9 Å². The Hall–Kier alpha value is -3.82. The Balaban J connectivity index is 2.07. The Bertz CT molecular complexity index is 1490. The number of nitrogens with zero attached hydrogens (tertiary/aromatic N) is 1. The van der Waals surface area contributed by atoms with E-state index >= 15 is 4.39 Å². The van der Waals surface area contributed by atoms with Gasteiger partial charge in [-0.25, -0.2) is 8.78 Å². The zero-order valence-electron chi connectivity index (χ0n) is 21.8. The lowest BCUT2D eigenvalue weighted by atomic mass is 9.93. The molecule has 0 fully saturated rings. The third kappa shape index (κ3) is 6.73. The predicted octanol–water partition coefficient (Wildman–Crippen LogP) is 8.71. The molecule has 3 aromatic rings. The highest BCUT2D eigenvalue weighted by atomic mass is 79.9. The number of carbonyl (C=O) groups is 2. The largest absolute Gasteiger partial charge is 0.435 e. The molecule has 3 aromatic carbocycles. The standard InChI is InChI=1S/C27H19BrF10N2O3/c1-3-40(23(42)14-9-7-13(2)8-10-14)18-6-4-5-16(20(18)29)22(41)39-21-17(28)11-15(12-19(21)43-24(30)31)25(32,26(33,34)35)27(36,37)38/h4-12,24H,3H2,1-2H3,(H,39,41). The molecule has 0 aliphatic rings. The average molecular weight is 689 g/mol. The lowest BCUT2D eigenvalue weighted by molar-refractivity contribution is -0.348. The minimum absolute atomic E-state index is 0.0409. The van der Waals surface area contributed by atoms with E-state index in [-0.39, 0.29) is 29.9 Å². The molecule has 3 rings (SSSR count). The number of alkyl halides is 9. The molecule has 0 spiro atoms. The van der Waals surface area contributed by atoms with Crippen molar-refractivity contribution in [3.8, 4) is 5.75 Å². The molecule has 1 N–H and O–H groups in total. The van der Waals surface area contributed by atoms with Crippen molar-refractivity contribution >= 4 is 39.1 Å². The number of carbonyl (C=O) groups excluding carboxylic acids is 2. The van der Waals surface area contributed by atoms with Crippen molar-refractivity contribution in [2.45, 2.75) is 38.5 Å². The second-order valence-electron chi connectivity index (χ2n) is 8.87. The maximum Gasteiger partial charge on any atom is 0.435 e. The first kappa shape index (κ1) is 33.7. The van der Waals surface area contributed by atoms with E-state index in [9.17, 15) is 49.1 Å². The van der Waals surface area contributed by atoms with Gasteiger partial charge >= 0.3 is 24.6 Å². The summed E-state index contributed by atoms with van der Waals surface area (Å²) in [7, 11) is 0. The van der Waals surface area contributed by atoms with E-state index in [4.69, 9.17) is 0 Å². The summed E-state index contributed by atoms with van der Waals surface area (Å²) < 4.78 is 139. The van der Waals surface area contributed by atoms with Crippen molar-refractivity contribution in [1.82, 2.24) is 0 Å². The molecular formula is C27H19BrF10N2O3. The molecule has 16 heteroatoms. The minimum Gasteiger partial charge on any atom is -0.433 e. The number of aryl methyl sites for hydroxylation is 1. The molecule has 0 radical (unpaired) electrons. The third-order valence-corrected chi connectivity index (χ3v) is 6.69. The number of benzene rings is 3. The van der Waals surface area contributed by atoms with Crippen LogP contribution in [0, 0.1) is 12.7 Å². The average Bonchev–Trinajstić information content (AvgIpc) is 2.89. The quantitative estimate of drug-likeness (QED) is 0.241. The van der Waals surface area contributed by atoms with Crippen LogP contribution in [0.3, 0.4) is 0 Å². The number of rotatable bonds is 8. The van der Waals surface area contributed by atoms with Gasteiger partial charge in [0, 0.05) is 22.1 Å². The van der Waals surface area contributed by atoms with Gasteiger partial charge in [0.1, 0.15) is 0 Å². The van der Waals surface area contributed by atoms with E-state index in [1.54, 1.807) is 19.1 Å². The van der Waals surface area contributed by atoms with Gasteiger partial charge in [0.2, 0.25) is 0 Å². The Morgan fingerprint density at radius 3 is 2.05 bits per heavy atom. The summed E-state index contributed by atoms with van der Waals surface area (Å²) in [6.07, 6.45) is -13.2. The number of anilines is 2. The van der Waals surface area contributed by atoms with Crippen LogP contribution in [0.4, 0.5) is 55.3 Å². The van der Waals surface area contributed by atoms with Gasteiger partial charge in [0.15, 0.2) is 11.6 Å². The first-order valence-corrected chi connectivity index (χ1v) is 12.7. The van der Waals surface area contributed by atoms with Crippen LogP contribution >= 0.6 is 15.9 Å². The van der Waals surface area contributed by atoms with E-state index in [1.807, 2.05) is 5.32 Å². The number of amides is 2.